The van der Waals surface area contributed by atoms with Crippen molar-refractivity contribution in [1.82, 2.24) is 0 Å². The lowest BCUT2D eigenvalue weighted by atomic mass is 10.1. The van der Waals surface area contributed by atoms with E-state index in [1.54, 1.807) is 0 Å². The van der Waals surface area contributed by atoms with Gasteiger partial charge in [-0.1, -0.05) is 216 Å². The average Bonchev–Trinajstić information content (AvgIpc) is 3.30. The van der Waals surface area contributed by atoms with Gasteiger partial charge in [0, 0.05) is 19.3 Å². The molecular formula is C59H104O6. The minimum Gasteiger partial charge on any atom is -0.462 e. The van der Waals surface area contributed by atoms with Crippen molar-refractivity contribution in [2.45, 2.75) is 284 Å². The molecule has 6 heteroatoms. The first kappa shape index (κ1) is 62.1. The highest BCUT2D eigenvalue weighted by Crippen LogP contribution is 2.15. The van der Waals surface area contributed by atoms with E-state index < -0.39 is 6.10 Å². The Balaban J connectivity index is 4.41. The fourth-order valence-corrected chi connectivity index (χ4v) is 7.80. The van der Waals surface area contributed by atoms with Gasteiger partial charge in [-0.15, -0.1) is 0 Å². The number of rotatable bonds is 50. The van der Waals surface area contributed by atoms with E-state index in [9.17, 15) is 14.4 Å². The predicted molar refractivity (Wildman–Crippen MR) is 279 cm³/mol. The largest absolute Gasteiger partial charge is 0.462 e. The molecule has 0 aromatic heterocycles. The van der Waals surface area contributed by atoms with Crippen molar-refractivity contribution < 1.29 is 28.6 Å². The molecule has 0 amide bonds. The molecule has 0 aliphatic rings. The Morgan fingerprint density at radius 1 is 0.323 bits per heavy atom. The van der Waals surface area contributed by atoms with Crippen molar-refractivity contribution >= 4 is 17.9 Å². The van der Waals surface area contributed by atoms with E-state index in [1.807, 2.05) is 0 Å². The molecular weight excluding hydrogens is 805 g/mol. The molecule has 1 unspecified atom stereocenters. The third-order valence-corrected chi connectivity index (χ3v) is 12.0. The quantitative estimate of drug-likeness (QED) is 0.0262. The molecule has 0 saturated carbocycles. The SMILES string of the molecule is CC/C=C\C/C=C\C/C=C\CCCCCCCC(=O)OC(COC(=O)CCCCCCC/C=C\CCCCCCCC)COC(=O)CCCCCCCCC/C=C\CCCCCCCC. The maximum absolute atomic E-state index is 12.8. The second-order valence-electron chi connectivity index (χ2n) is 18.5. The van der Waals surface area contributed by atoms with Gasteiger partial charge in [0.2, 0.25) is 0 Å². The summed E-state index contributed by atoms with van der Waals surface area (Å²) in [5.41, 5.74) is 0. The molecule has 0 aromatic rings. The fraction of sp³-hybridized carbons (Fsp3) is 0.780. The van der Waals surface area contributed by atoms with Crippen molar-refractivity contribution in [2.75, 3.05) is 13.2 Å². The van der Waals surface area contributed by atoms with Gasteiger partial charge in [0.05, 0.1) is 0 Å². The lowest BCUT2D eigenvalue weighted by molar-refractivity contribution is -0.167. The molecule has 6 nitrogen and oxygen atoms in total. The van der Waals surface area contributed by atoms with Gasteiger partial charge in [-0.3, -0.25) is 14.4 Å². The average molecular weight is 909 g/mol. The number of carbonyl (C=O) groups is 3. The fourth-order valence-electron chi connectivity index (χ4n) is 7.80. The Morgan fingerprint density at radius 2 is 0.600 bits per heavy atom. The van der Waals surface area contributed by atoms with Gasteiger partial charge in [0.25, 0.3) is 0 Å². The van der Waals surface area contributed by atoms with Crippen molar-refractivity contribution in [3.63, 3.8) is 0 Å². The Kier molecular flexibility index (Phi) is 51.3. The van der Waals surface area contributed by atoms with Crippen LogP contribution in [0.2, 0.25) is 0 Å². The van der Waals surface area contributed by atoms with Gasteiger partial charge >= 0.3 is 17.9 Å². The van der Waals surface area contributed by atoms with Crippen LogP contribution in [0.3, 0.4) is 0 Å². The lowest BCUT2D eigenvalue weighted by Gasteiger charge is -2.18. The molecule has 376 valence electrons. The zero-order valence-corrected chi connectivity index (χ0v) is 43.0. The molecule has 0 aliphatic heterocycles. The van der Waals surface area contributed by atoms with Gasteiger partial charge < -0.3 is 14.2 Å². The van der Waals surface area contributed by atoms with Crippen LogP contribution in [0, 0.1) is 0 Å². The van der Waals surface area contributed by atoms with Crippen LogP contribution in [0.1, 0.15) is 278 Å². The van der Waals surface area contributed by atoms with Gasteiger partial charge in [0.1, 0.15) is 13.2 Å². The number of hydrogen-bond acceptors (Lipinski definition) is 6. The summed E-state index contributed by atoms with van der Waals surface area (Å²) in [5.74, 6) is -0.907. The zero-order chi connectivity index (χ0) is 47.2. The number of esters is 3. The Morgan fingerprint density at radius 3 is 0.954 bits per heavy atom. The molecule has 1 atom stereocenters. The van der Waals surface area contributed by atoms with Gasteiger partial charge in [-0.25, -0.2) is 0 Å². The second kappa shape index (κ2) is 53.7. The molecule has 0 aromatic carbocycles. The van der Waals surface area contributed by atoms with Crippen LogP contribution in [0.4, 0.5) is 0 Å². The number of allylic oxidation sites excluding steroid dienone is 10. The minimum absolute atomic E-state index is 0.0854. The molecule has 0 saturated heterocycles. The minimum atomic E-state index is -0.788. The summed E-state index contributed by atoms with van der Waals surface area (Å²) in [6.07, 6.45) is 66.3. The maximum atomic E-state index is 12.8. The number of carbonyl (C=O) groups excluding carboxylic acids is 3. The van der Waals surface area contributed by atoms with E-state index in [2.05, 4.69) is 81.5 Å². The molecule has 0 aliphatic carbocycles. The standard InChI is InChI=1S/C59H104O6/c1-4-7-10-13-16-19-22-25-28-29-32-34-37-40-43-46-49-52-58(61)64-55-56(65-59(62)53-50-47-44-41-38-35-31-27-24-21-18-15-12-9-6-3)54-63-57(60)51-48-45-42-39-36-33-30-26-23-20-17-14-11-8-5-2/h9,12,18,21,25-28,30-31,56H,4-8,10-11,13-17,19-20,22-24,29,32-55H2,1-3H3/b12-9-,21-18-,28-25-,30-26-,31-27-. The van der Waals surface area contributed by atoms with E-state index in [0.717, 1.165) is 103 Å². The van der Waals surface area contributed by atoms with Crippen LogP contribution >= 0.6 is 0 Å². The highest BCUT2D eigenvalue weighted by Gasteiger charge is 2.19. The first-order chi connectivity index (χ1) is 32.0. The number of ether oxygens (including phenoxy) is 3. The van der Waals surface area contributed by atoms with E-state index in [0.29, 0.717) is 19.3 Å². The van der Waals surface area contributed by atoms with E-state index in [1.165, 1.54) is 135 Å². The lowest BCUT2D eigenvalue weighted by Crippen LogP contribution is -2.30. The summed E-state index contributed by atoms with van der Waals surface area (Å²) >= 11 is 0. The van der Waals surface area contributed by atoms with E-state index in [4.69, 9.17) is 14.2 Å². The van der Waals surface area contributed by atoms with E-state index >= 15 is 0 Å². The van der Waals surface area contributed by atoms with Gasteiger partial charge in [-0.2, -0.15) is 0 Å². The van der Waals surface area contributed by atoms with Crippen molar-refractivity contribution in [3.05, 3.63) is 60.8 Å². The van der Waals surface area contributed by atoms with Crippen molar-refractivity contribution in [2.24, 2.45) is 0 Å². The molecule has 0 rings (SSSR count). The molecule has 0 spiro atoms. The third-order valence-electron chi connectivity index (χ3n) is 12.0. The summed E-state index contributed by atoms with van der Waals surface area (Å²) in [5, 5.41) is 0. The van der Waals surface area contributed by atoms with Crippen molar-refractivity contribution in [1.29, 1.82) is 0 Å². The van der Waals surface area contributed by atoms with Gasteiger partial charge in [-0.05, 0) is 103 Å². The van der Waals surface area contributed by atoms with Crippen LogP contribution in [-0.4, -0.2) is 37.2 Å². The van der Waals surface area contributed by atoms with Crippen LogP contribution in [-0.2, 0) is 28.6 Å². The molecule has 0 fully saturated rings. The summed E-state index contributed by atoms with van der Waals surface area (Å²) in [4.78, 5) is 38.1. The first-order valence-electron chi connectivity index (χ1n) is 27.8. The van der Waals surface area contributed by atoms with Crippen LogP contribution in [0.25, 0.3) is 0 Å². The number of unbranched alkanes of at least 4 members (excludes halogenated alkanes) is 29. The van der Waals surface area contributed by atoms with Gasteiger partial charge in [0.15, 0.2) is 6.10 Å². The number of hydrogen-bond donors (Lipinski definition) is 0. The summed E-state index contributed by atoms with van der Waals surface area (Å²) in [6.45, 7) is 6.51. The third kappa shape index (κ3) is 51.9. The summed E-state index contributed by atoms with van der Waals surface area (Å²) in [6, 6.07) is 0. The monoisotopic (exact) mass is 909 g/mol. The molecule has 0 bridgehead atoms. The molecule has 0 radical (unpaired) electrons. The van der Waals surface area contributed by atoms with Crippen molar-refractivity contribution in [3.8, 4) is 0 Å². The second-order valence-corrected chi connectivity index (χ2v) is 18.5. The zero-order valence-electron chi connectivity index (χ0n) is 43.0. The molecule has 65 heavy (non-hydrogen) atoms. The molecule has 0 heterocycles. The Labute approximate surface area is 402 Å². The summed E-state index contributed by atoms with van der Waals surface area (Å²) < 4.78 is 16.8. The van der Waals surface area contributed by atoms with Crippen LogP contribution in [0.5, 0.6) is 0 Å². The molecule has 0 N–H and O–H groups in total. The smallest absolute Gasteiger partial charge is 0.306 e. The predicted octanol–water partition coefficient (Wildman–Crippen LogP) is 18.4. The first-order valence-corrected chi connectivity index (χ1v) is 27.8. The highest BCUT2D eigenvalue weighted by molar-refractivity contribution is 5.71. The van der Waals surface area contributed by atoms with Crippen LogP contribution in [0.15, 0.2) is 60.8 Å². The maximum Gasteiger partial charge on any atom is 0.306 e. The topological polar surface area (TPSA) is 78.9 Å². The Bertz CT molecular complexity index is 1180. The Hall–Kier alpha value is -2.89. The highest BCUT2D eigenvalue weighted by atomic mass is 16.6. The summed E-state index contributed by atoms with van der Waals surface area (Å²) in [7, 11) is 0. The van der Waals surface area contributed by atoms with Crippen LogP contribution < -0.4 is 0 Å². The van der Waals surface area contributed by atoms with E-state index in [-0.39, 0.29) is 31.1 Å². The normalized spacial score (nSPS) is 12.5.